The highest BCUT2D eigenvalue weighted by atomic mass is 79.9. The molecular formula is C14H13BrO3. The molecule has 0 radical (unpaired) electrons. The van der Waals surface area contributed by atoms with Gasteiger partial charge in [0.25, 0.3) is 0 Å². The summed E-state index contributed by atoms with van der Waals surface area (Å²) in [6, 6.07) is 13.9. The van der Waals surface area contributed by atoms with Crippen LogP contribution >= 0.6 is 15.9 Å². The first-order chi connectivity index (χ1) is 8.65. The van der Waals surface area contributed by atoms with Crippen LogP contribution in [0.25, 0.3) is 0 Å². The Morgan fingerprint density at radius 2 is 1.83 bits per heavy atom. The number of aliphatic hydroxyl groups excluding tert-OH is 1. The van der Waals surface area contributed by atoms with Gasteiger partial charge < -0.3 is 14.9 Å². The average molecular weight is 309 g/mol. The second kappa shape index (κ2) is 5.89. The van der Waals surface area contributed by atoms with Gasteiger partial charge in [-0.3, -0.25) is 0 Å². The van der Waals surface area contributed by atoms with Crippen molar-refractivity contribution in [3.63, 3.8) is 0 Å². The number of aromatic hydroxyl groups is 1. The Morgan fingerprint density at radius 3 is 2.50 bits per heavy atom. The lowest BCUT2D eigenvalue weighted by Gasteiger charge is -2.12. The quantitative estimate of drug-likeness (QED) is 0.911. The molecule has 0 aromatic heterocycles. The summed E-state index contributed by atoms with van der Waals surface area (Å²) < 4.78 is 6.38. The summed E-state index contributed by atoms with van der Waals surface area (Å²) in [4.78, 5) is 0. The minimum absolute atomic E-state index is 0.144. The summed E-state index contributed by atoms with van der Waals surface area (Å²) in [5.74, 6) is 0.678. The van der Waals surface area contributed by atoms with E-state index in [1.165, 1.54) is 6.07 Å². The van der Waals surface area contributed by atoms with Gasteiger partial charge in [-0.2, -0.15) is 0 Å². The first-order valence-electron chi connectivity index (χ1n) is 5.50. The normalized spacial score (nSPS) is 12.1. The summed E-state index contributed by atoms with van der Waals surface area (Å²) in [5.41, 5.74) is 0.790. The van der Waals surface area contributed by atoms with Crippen molar-refractivity contribution >= 4 is 15.9 Å². The van der Waals surface area contributed by atoms with E-state index < -0.39 is 6.10 Å². The minimum Gasteiger partial charge on any atom is -0.508 e. The van der Waals surface area contributed by atoms with Crippen LogP contribution in [0.15, 0.2) is 53.0 Å². The first kappa shape index (κ1) is 12.9. The van der Waals surface area contributed by atoms with Gasteiger partial charge in [0.2, 0.25) is 0 Å². The van der Waals surface area contributed by atoms with Crippen molar-refractivity contribution in [1.29, 1.82) is 0 Å². The van der Waals surface area contributed by atoms with Gasteiger partial charge in [0.15, 0.2) is 0 Å². The molecule has 0 saturated heterocycles. The summed E-state index contributed by atoms with van der Waals surface area (Å²) in [5, 5.41) is 19.2. The van der Waals surface area contributed by atoms with E-state index in [0.29, 0.717) is 5.75 Å². The molecule has 1 unspecified atom stereocenters. The lowest BCUT2D eigenvalue weighted by molar-refractivity contribution is 0.108. The third kappa shape index (κ3) is 3.48. The monoisotopic (exact) mass is 308 g/mol. The van der Waals surface area contributed by atoms with E-state index in [2.05, 4.69) is 15.9 Å². The predicted molar refractivity (Wildman–Crippen MR) is 72.7 cm³/mol. The van der Waals surface area contributed by atoms with E-state index in [9.17, 15) is 10.2 Å². The van der Waals surface area contributed by atoms with Gasteiger partial charge in [-0.1, -0.05) is 34.1 Å². The van der Waals surface area contributed by atoms with Crippen LogP contribution in [0.2, 0.25) is 0 Å². The topological polar surface area (TPSA) is 49.7 Å². The van der Waals surface area contributed by atoms with Crippen LogP contribution in [-0.4, -0.2) is 16.8 Å². The van der Waals surface area contributed by atoms with Crippen molar-refractivity contribution in [2.24, 2.45) is 0 Å². The lowest BCUT2D eigenvalue weighted by atomic mass is 10.1. The van der Waals surface area contributed by atoms with Crippen molar-refractivity contribution in [3.8, 4) is 11.5 Å². The van der Waals surface area contributed by atoms with Gasteiger partial charge in [0.05, 0.1) is 0 Å². The second-order valence-electron chi connectivity index (χ2n) is 3.88. The molecule has 1 atom stereocenters. The predicted octanol–water partition coefficient (Wildman–Crippen LogP) is 3.27. The number of aliphatic hydroxyl groups is 1. The summed E-state index contributed by atoms with van der Waals surface area (Å²) in [6.07, 6.45) is -0.694. The Kier molecular flexibility index (Phi) is 4.23. The molecule has 0 amide bonds. The molecule has 0 saturated carbocycles. The number of rotatable bonds is 4. The molecule has 2 aromatic carbocycles. The van der Waals surface area contributed by atoms with Crippen molar-refractivity contribution in [2.45, 2.75) is 6.10 Å². The zero-order valence-corrected chi connectivity index (χ0v) is 11.2. The molecule has 0 aliphatic heterocycles. The molecule has 0 bridgehead atoms. The standard InChI is InChI=1S/C14H13BrO3/c15-11-6-4-10(5-7-11)14(17)9-18-13-3-1-2-12(16)8-13/h1-8,14,16-17H,9H2. The van der Waals surface area contributed by atoms with Gasteiger partial charge in [-0.05, 0) is 29.8 Å². The van der Waals surface area contributed by atoms with Crippen molar-refractivity contribution in [3.05, 3.63) is 58.6 Å². The molecule has 2 N–H and O–H groups in total. The van der Waals surface area contributed by atoms with Gasteiger partial charge in [0, 0.05) is 10.5 Å². The van der Waals surface area contributed by atoms with Crippen molar-refractivity contribution in [2.75, 3.05) is 6.61 Å². The van der Waals surface area contributed by atoms with Crippen LogP contribution in [-0.2, 0) is 0 Å². The summed E-state index contributed by atoms with van der Waals surface area (Å²) in [7, 11) is 0. The maximum Gasteiger partial charge on any atom is 0.123 e. The molecule has 94 valence electrons. The SMILES string of the molecule is Oc1cccc(OCC(O)c2ccc(Br)cc2)c1. The van der Waals surface area contributed by atoms with Crippen molar-refractivity contribution < 1.29 is 14.9 Å². The molecule has 0 aliphatic rings. The number of phenolic OH excluding ortho intramolecular Hbond substituents is 1. The fourth-order valence-electron chi connectivity index (χ4n) is 1.53. The van der Waals surface area contributed by atoms with Crippen LogP contribution < -0.4 is 4.74 Å². The van der Waals surface area contributed by atoms with Crippen LogP contribution in [0.5, 0.6) is 11.5 Å². The Bertz CT molecular complexity index is 511. The fourth-order valence-corrected chi connectivity index (χ4v) is 1.79. The van der Waals surface area contributed by atoms with Gasteiger partial charge in [0.1, 0.15) is 24.2 Å². The molecule has 0 heterocycles. The third-order valence-electron chi connectivity index (χ3n) is 2.48. The summed E-state index contributed by atoms with van der Waals surface area (Å²) >= 11 is 3.34. The molecule has 3 nitrogen and oxygen atoms in total. The highest BCUT2D eigenvalue weighted by Gasteiger charge is 2.08. The molecule has 2 rings (SSSR count). The van der Waals surface area contributed by atoms with E-state index in [1.54, 1.807) is 18.2 Å². The molecule has 18 heavy (non-hydrogen) atoms. The van der Waals surface area contributed by atoms with E-state index in [-0.39, 0.29) is 12.4 Å². The van der Waals surface area contributed by atoms with E-state index in [4.69, 9.17) is 4.74 Å². The van der Waals surface area contributed by atoms with Crippen LogP contribution in [0.1, 0.15) is 11.7 Å². The zero-order chi connectivity index (χ0) is 13.0. The molecule has 2 aromatic rings. The Balaban J connectivity index is 1.96. The van der Waals surface area contributed by atoms with E-state index in [0.717, 1.165) is 10.0 Å². The number of ether oxygens (including phenoxy) is 1. The van der Waals surface area contributed by atoms with Crippen LogP contribution in [0, 0.1) is 0 Å². The summed E-state index contributed by atoms with van der Waals surface area (Å²) in [6.45, 7) is 0.144. The first-order valence-corrected chi connectivity index (χ1v) is 6.30. The van der Waals surface area contributed by atoms with Crippen molar-refractivity contribution in [1.82, 2.24) is 0 Å². The van der Waals surface area contributed by atoms with Gasteiger partial charge in [-0.25, -0.2) is 0 Å². The smallest absolute Gasteiger partial charge is 0.123 e. The van der Waals surface area contributed by atoms with Crippen LogP contribution in [0.4, 0.5) is 0 Å². The Morgan fingerprint density at radius 1 is 1.11 bits per heavy atom. The average Bonchev–Trinajstić information content (AvgIpc) is 2.37. The number of hydrogen-bond acceptors (Lipinski definition) is 3. The van der Waals surface area contributed by atoms with Gasteiger partial charge in [-0.15, -0.1) is 0 Å². The maximum atomic E-state index is 9.94. The van der Waals surface area contributed by atoms with Gasteiger partial charge >= 0.3 is 0 Å². The fraction of sp³-hybridized carbons (Fsp3) is 0.143. The molecule has 0 aliphatic carbocycles. The second-order valence-corrected chi connectivity index (χ2v) is 4.79. The number of hydrogen-bond donors (Lipinski definition) is 2. The Hall–Kier alpha value is -1.52. The third-order valence-corrected chi connectivity index (χ3v) is 3.01. The van der Waals surface area contributed by atoms with E-state index in [1.807, 2.05) is 24.3 Å². The number of benzene rings is 2. The van der Waals surface area contributed by atoms with E-state index >= 15 is 0 Å². The maximum absolute atomic E-state index is 9.94. The molecular weight excluding hydrogens is 296 g/mol. The Labute approximate surface area is 114 Å². The number of phenols is 1. The molecule has 0 fully saturated rings. The largest absolute Gasteiger partial charge is 0.508 e. The minimum atomic E-state index is -0.694. The lowest BCUT2D eigenvalue weighted by Crippen LogP contribution is -2.09. The molecule has 4 heteroatoms. The van der Waals surface area contributed by atoms with Crippen LogP contribution in [0.3, 0.4) is 0 Å². The number of halogens is 1. The highest BCUT2D eigenvalue weighted by molar-refractivity contribution is 9.10. The molecule has 0 spiro atoms. The zero-order valence-electron chi connectivity index (χ0n) is 9.58. The highest BCUT2D eigenvalue weighted by Crippen LogP contribution is 2.21.